The fourth-order valence-corrected chi connectivity index (χ4v) is 1.17. The van der Waals surface area contributed by atoms with E-state index in [4.69, 9.17) is 4.74 Å². The zero-order valence-corrected chi connectivity index (χ0v) is 10.4. The summed E-state index contributed by atoms with van der Waals surface area (Å²) in [6.07, 6.45) is 0.458. The van der Waals surface area contributed by atoms with E-state index in [-0.39, 0.29) is 5.78 Å². The molecule has 0 bridgehead atoms. The molecule has 0 saturated heterocycles. The lowest BCUT2D eigenvalue weighted by molar-refractivity contribution is -0.132. The minimum absolute atomic E-state index is 0.343. The van der Waals surface area contributed by atoms with Crippen LogP contribution in [0.2, 0.25) is 0 Å². The van der Waals surface area contributed by atoms with Crippen LogP contribution in [-0.4, -0.2) is 37.2 Å². The van der Waals surface area contributed by atoms with Crippen LogP contribution in [-0.2, 0) is 14.3 Å². The number of hydrogen-bond donors (Lipinski definition) is 1. The van der Waals surface area contributed by atoms with E-state index >= 15 is 0 Å². The number of amides is 1. The van der Waals surface area contributed by atoms with Crippen molar-refractivity contribution >= 4 is 11.9 Å². The molecule has 1 unspecified atom stereocenters. The van der Waals surface area contributed by atoms with Gasteiger partial charge >= 0.3 is 6.09 Å². The summed E-state index contributed by atoms with van der Waals surface area (Å²) in [5.74, 6) is -0.343. The fraction of sp³-hybridized carbons (Fsp3) is 0.636. The lowest BCUT2D eigenvalue weighted by Gasteiger charge is -2.41. The van der Waals surface area contributed by atoms with E-state index in [0.717, 1.165) is 6.08 Å². The van der Waals surface area contributed by atoms with Gasteiger partial charge < -0.3 is 14.8 Å². The summed E-state index contributed by atoms with van der Waals surface area (Å²) in [6.45, 7) is 8.37. The average molecular weight is 229 g/mol. The smallest absolute Gasteiger partial charge is 0.407 e. The Balaban J connectivity index is 5.27. The predicted molar refractivity (Wildman–Crippen MR) is 60.2 cm³/mol. The lowest BCUT2D eigenvalue weighted by Crippen LogP contribution is -2.65. The molecule has 0 aromatic carbocycles. The zero-order chi connectivity index (χ0) is 13.0. The molecule has 0 aliphatic heterocycles. The number of methoxy groups -OCH3 is 2. The van der Waals surface area contributed by atoms with Crippen LogP contribution in [0.15, 0.2) is 12.7 Å². The average Bonchev–Trinajstić information content (AvgIpc) is 2.26. The summed E-state index contributed by atoms with van der Waals surface area (Å²) in [6, 6.07) is 0. The molecule has 0 aromatic rings. The minimum Gasteiger partial charge on any atom is -0.453 e. The first kappa shape index (κ1) is 14.6. The normalized spacial score (nSPS) is 14.8. The molecule has 0 aromatic heterocycles. The first-order valence-corrected chi connectivity index (χ1v) is 4.83. The number of carbonyl (C=O) groups excluding carboxylic acids is 2. The van der Waals surface area contributed by atoms with Crippen LogP contribution < -0.4 is 5.32 Å². The first-order valence-electron chi connectivity index (χ1n) is 4.83. The number of ketones is 1. The molecule has 0 heterocycles. The van der Waals surface area contributed by atoms with Gasteiger partial charge in [0.2, 0.25) is 0 Å². The SMILES string of the molecule is C=CC(=O)C(C)(NC(=O)OC)C(C)(C)OC. The van der Waals surface area contributed by atoms with Crippen molar-refractivity contribution in [1.29, 1.82) is 0 Å². The molecule has 0 aliphatic carbocycles. The summed E-state index contributed by atoms with van der Waals surface area (Å²) in [7, 11) is 2.70. The van der Waals surface area contributed by atoms with Crippen molar-refractivity contribution in [3.8, 4) is 0 Å². The second-order valence-electron chi connectivity index (χ2n) is 4.02. The predicted octanol–water partition coefficient (Wildman–Crippen LogP) is 1.28. The number of ether oxygens (including phenoxy) is 2. The molecule has 0 saturated carbocycles. The van der Waals surface area contributed by atoms with E-state index < -0.39 is 17.2 Å². The molecule has 0 radical (unpaired) electrons. The van der Waals surface area contributed by atoms with Crippen molar-refractivity contribution in [3.05, 3.63) is 12.7 Å². The van der Waals surface area contributed by atoms with Crippen LogP contribution in [0.3, 0.4) is 0 Å². The van der Waals surface area contributed by atoms with Gasteiger partial charge in [0.25, 0.3) is 0 Å². The third kappa shape index (κ3) is 2.61. The maximum atomic E-state index is 11.8. The van der Waals surface area contributed by atoms with E-state index in [1.54, 1.807) is 20.8 Å². The Kier molecular flexibility index (Phi) is 4.68. The largest absolute Gasteiger partial charge is 0.453 e. The monoisotopic (exact) mass is 229 g/mol. The second-order valence-corrected chi connectivity index (χ2v) is 4.02. The topological polar surface area (TPSA) is 64.6 Å². The van der Waals surface area contributed by atoms with E-state index in [0.29, 0.717) is 0 Å². The van der Waals surface area contributed by atoms with E-state index in [2.05, 4.69) is 16.6 Å². The van der Waals surface area contributed by atoms with Crippen LogP contribution in [0.4, 0.5) is 4.79 Å². The van der Waals surface area contributed by atoms with Crippen LogP contribution >= 0.6 is 0 Å². The summed E-state index contributed by atoms with van der Waals surface area (Å²) >= 11 is 0. The Hall–Kier alpha value is -1.36. The van der Waals surface area contributed by atoms with Crippen LogP contribution in [0.25, 0.3) is 0 Å². The van der Waals surface area contributed by atoms with Gasteiger partial charge in [0, 0.05) is 7.11 Å². The Labute approximate surface area is 95.8 Å². The highest BCUT2D eigenvalue weighted by molar-refractivity contribution is 6.00. The molecule has 0 fully saturated rings. The Bertz CT molecular complexity index is 298. The third-order valence-electron chi connectivity index (χ3n) is 2.93. The Morgan fingerprint density at radius 1 is 1.25 bits per heavy atom. The van der Waals surface area contributed by atoms with Gasteiger partial charge in [-0.2, -0.15) is 0 Å². The van der Waals surface area contributed by atoms with Gasteiger partial charge in [-0.3, -0.25) is 4.79 Å². The molecule has 5 heteroatoms. The highest BCUT2D eigenvalue weighted by atomic mass is 16.5. The number of alkyl carbamates (subject to hydrolysis) is 1. The van der Waals surface area contributed by atoms with Crippen molar-refractivity contribution in [2.24, 2.45) is 0 Å². The molecule has 1 amide bonds. The second kappa shape index (κ2) is 5.12. The highest BCUT2D eigenvalue weighted by Crippen LogP contribution is 2.26. The van der Waals surface area contributed by atoms with Gasteiger partial charge in [0.1, 0.15) is 5.54 Å². The van der Waals surface area contributed by atoms with Gasteiger partial charge in [-0.1, -0.05) is 6.58 Å². The standard InChI is InChI=1S/C11H19NO4/c1-7-8(13)11(4,10(2,3)16-6)12-9(14)15-5/h7H,1H2,2-6H3,(H,12,14). The number of carbonyl (C=O) groups is 2. The van der Waals surface area contributed by atoms with E-state index in [1.807, 2.05) is 0 Å². The quantitative estimate of drug-likeness (QED) is 0.721. The molecule has 1 N–H and O–H groups in total. The summed E-state index contributed by atoms with van der Waals surface area (Å²) < 4.78 is 9.72. The van der Waals surface area contributed by atoms with Crippen molar-refractivity contribution in [3.63, 3.8) is 0 Å². The van der Waals surface area contributed by atoms with Crippen LogP contribution in [0.1, 0.15) is 20.8 Å². The number of hydrogen-bond acceptors (Lipinski definition) is 4. The molecule has 5 nitrogen and oxygen atoms in total. The van der Waals surface area contributed by atoms with E-state index in [9.17, 15) is 9.59 Å². The van der Waals surface area contributed by atoms with Crippen LogP contribution in [0.5, 0.6) is 0 Å². The number of nitrogens with one attached hydrogen (secondary N) is 1. The molecular weight excluding hydrogens is 210 g/mol. The van der Waals surface area contributed by atoms with Crippen molar-refractivity contribution < 1.29 is 19.1 Å². The first-order chi connectivity index (χ1) is 7.25. The molecule has 16 heavy (non-hydrogen) atoms. The van der Waals surface area contributed by atoms with Crippen molar-refractivity contribution in [2.45, 2.75) is 31.9 Å². The van der Waals surface area contributed by atoms with Crippen LogP contribution in [0, 0.1) is 0 Å². The van der Waals surface area contributed by atoms with Gasteiger partial charge in [0.15, 0.2) is 5.78 Å². The molecular formula is C11H19NO4. The Morgan fingerprint density at radius 2 is 1.75 bits per heavy atom. The maximum absolute atomic E-state index is 11.8. The summed E-state index contributed by atoms with van der Waals surface area (Å²) in [4.78, 5) is 23.1. The van der Waals surface area contributed by atoms with Gasteiger partial charge in [-0.15, -0.1) is 0 Å². The van der Waals surface area contributed by atoms with Crippen molar-refractivity contribution in [2.75, 3.05) is 14.2 Å². The van der Waals surface area contributed by atoms with Gasteiger partial charge in [-0.25, -0.2) is 4.79 Å². The summed E-state index contributed by atoms with van der Waals surface area (Å²) in [5, 5.41) is 2.48. The van der Waals surface area contributed by atoms with Gasteiger partial charge in [-0.05, 0) is 26.8 Å². The summed E-state index contributed by atoms with van der Waals surface area (Å²) in [5.41, 5.74) is -2.11. The molecule has 0 rings (SSSR count). The molecule has 0 aliphatic rings. The molecule has 0 spiro atoms. The fourth-order valence-electron chi connectivity index (χ4n) is 1.17. The highest BCUT2D eigenvalue weighted by Gasteiger charge is 2.47. The minimum atomic E-state index is -1.23. The molecule has 1 atom stereocenters. The lowest BCUT2D eigenvalue weighted by atomic mass is 9.80. The zero-order valence-electron chi connectivity index (χ0n) is 10.4. The van der Waals surface area contributed by atoms with E-state index in [1.165, 1.54) is 14.2 Å². The van der Waals surface area contributed by atoms with Crippen molar-refractivity contribution in [1.82, 2.24) is 5.32 Å². The molecule has 92 valence electrons. The van der Waals surface area contributed by atoms with Gasteiger partial charge in [0.05, 0.1) is 12.7 Å². The third-order valence-corrected chi connectivity index (χ3v) is 2.93. The number of rotatable bonds is 5. The Morgan fingerprint density at radius 3 is 2.06 bits per heavy atom. The maximum Gasteiger partial charge on any atom is 0.407 e.